The molecule has 0 spiro atoms. The summed E-state index contributed by atoms with van der Waals surface area (Å²) in [6.07, 6.45) is 1.22. The Kier molecular flexibility index (Phi) is 4.94. The number of rotatable bonds is 3. The lowest BCUT2D eigenvalue weighted by Gasteiger charge is -2.36. The van der Waals surface area contributed by atoms with Crippen molar-refractivity contribution in [2.24, 2.45) is 0 Å². The molecular weight excluding hydrogens is 357 g/mol. The van der Waals surface area contributed by atoms with Crippen LogP contribution in [-0.4, -0.2) is 46.1 Å². The van der Waals surface area contributed by atoms with Crippen molar-refractivity contribution < 1.29 is 13.2 Å². The molecule has 2 aromatic rings. The third kappa shape index (κ3) is 4.09. The van der Waals surface area contributed by atoms with Crippen LogP contribution in [-0.2, 0) is 6.18 Å². The van der Waals surface area contributed by atoms with E-state index in [1.54, 1.807) is 4.90 Å². The van der Waals surface area contributed by atoms with Crippen LogP contribution in [0.3, 0.4) is 0 Å². The summed E-state index contributed by atoms with van der Waals surface area (Å²) < 4.78 is 38.3. The molecule has 3 heterocycles. The molecule has 0 amide bonds. The van der Waals surface area contributed by atoms with Crippen molar-refractivity contribution in [1.29, 1.82) is 0 Å². The lowest BCUT2D eigenvalue weighted by atomic mass is 10.0. The molecule has 0 atom stereocenters. The summed E-state index contributed by atoms with van der Waals surface area (Å²) in [5, 5.41) is 0.466. The third-order valence-corrected chi connectivity index (χ3v) is 4.35. The zero-order valence-corrected chi connectivity index (χ0v) is 14.2. The van der Waals surface area contributed by atoms with E-state index < -0.39 is 11.9 Å². The smallest absolute Gasteiger partial charge is 0.341 e. The average molecular weight is 373 g/mol. The minimum Gasteiger partial charge on any atom is -0.341 e. The first-order chi connectivity index (χ1) is 11.8. The van der Waals surface area contributed by atoms with Gasteiger partial charge in [0.25, 0.3) is 0 Å². The molecule has 0 radical (unpaired) electrons. The number of halogens is 4. The molecule has 0 N–H and O–H groups in total. The van der Waals surface area contributed by atoms with Crippen LogP contribution in [0.2, 0.25) is 5.02 Å². The number of nitrogens with zero attached hydrogens (tertiary/aromatic N) is 6. The maximum absolute atomic E-state index is 12.8. The molecule has 1 aliphatic rings. The molecule has 10 heteroatoms. The number of hydrogen-bond acceptors (Lipinski definition) is 6. The van der Waals surface area contributed by atoms with Crippen molar-refractivity contribution in [2.75, 3.05) is 29.9 Å². The first-order valence-corrected chi connectivity index (χ1v) is 8.08. The van der Waals surface area contributed by atoms with Crippen molar-refractivity contribution in [1.82, 2.24) is 19.9 Å². The number of hydrogen-bond donors (Lipinski definition) is 0. The Balaban J connectivity index is 1.65. The lowest BCUT2D eigenvalue weighted by molar-refractivity contribution is -0.141. The summed E-state index contributed by atoms with van der Waals surface area (Å²) in [6, 6.07) is 1.06. The van der Waals surface area contributed by atoms with Crippen molar-refractivity contribution in [2.45, 2.75) is 25.1 Å². The van der Waals surface area contributed by atoms with Gasteiger partial charge in [-0.25, -0.2) is 19.9 Å². The zero-order chi connectivity index (χ0) is 18.0. The molecule has 1 aliphatic heterocycles. The van der Waals surface area contributed by atoms with Crippen molar-refractivity contribution in [3.05, 3.63) is 35.4 Å². The maximum atomic E-state index is 12.8. The summed E-state index contributed by atoms with van der Waals surface area (Å²) in [7, 11) is 1.89. The van der Waals surface area contributed by atoms with E-state index in [0.29, 0.717) is 24.1 Å². The van der Waals surface area contributed by atoms with E-state index in [1.807, 2.05) is 11.9 Å². The quantitative estimate of drug-likeness (QED) is 0.825. The second-order valence-electron chi connectivity index (χ2n) is 5.77. The molecule has 1 saturated heterocycles. The molecule has 0 saturated carbocycles. The molecule has 3 rings (SSSR count). The van der Waals surface area contributed by atoms with E-state index in [0.717, 1.165) is 25.1 Å². The molecule has 0 aliphatic carbocycles. The molecule has 2 aromatic heterocycles. The summed E-state index contributed by atoms with van der Waals surface area (Å²) in [4.78, 5) is 19.7. The normalized spacial score (nSPS) is 16.1. The fourth-order valence-electron chi connectivity index (χ4n) is 2.76. The average Bonchev–Trinajstić information content (AvgIpc) is 2.61. The van der Waals surface area contributed by atoms with Crippen LogP contribution in [0.1, 0.15) is 18.5 Å². The van der Waals surface area contributed by atoms with E-state index in [4.69, 9.17) is 11.6 Å². The maximum Gasteiger partial charge on any atom is 0.433 e. The summed E-state index contributed by atoms with van der Waals surface area (Å²) in [5.41, 5.74) is -0.925. The molecule has 0 unspecified atom stereocenters. The minimum atomic E-state index is -4.47. The van der Waals surface area contributed by atoms with Gasteiger partial charge in [0.05, 0.1) is 17.4 Å². The van der Waals surface area contributed by atoms with Crippen molar-refractivity contribution in [3.8, 4) is 0 Å². The van der Waals surface area contributed by atoms with Gasteiger partial charge in [0.2, 0.25) is 11.9 Å². The Morgan fingerprint density at radius 1 is 1.16 bits per heavy atom. The van der Waals surface area contributed by atoms with Crippen LogP contribution in [0.5, 0.6) is 0 Å². The minimum absolute atomic E-state index is 0.110. The van der Waals surface area contributed by atoms with Crippen molar-refractivity contribution in [3.63, 3.8) is 0 Å². The Morgan fingerprint density at radius 3 is 2.40 bits per heavy atom. The van der Waals surface area contributed by atoms with Gasteiger partial charge in [-0.05, 0) is 18.9 Å². The Hall–Kier alpha value is -2.16. The van der Waals surface area contributed by atoms with Gasteiger partial charge in [-0.15, -0.1) is 0 Å². The summed E-state index contributed by atoms with van der Waals surface area (Å²) >= 11 is 5.79. The zero-order valence-electron chi connectivity index (χ0n) is 13.4. The molecule has 0 bridgehead atoms. The monoisotopic (exact) mass is 372 g/mol. The van der Waals surface area contributed by atoms with E-state index >= 15 is 0 Å². The van der Waals surface area contributed by atoms with Gasteiger partial charge in [0.1, 0.15) is 5.69 Å². The van der Waals surface area contributed by atoms with Gasteiger partial charge in [-0.1, -0.05) is 11.6 Å². The predicted octanol–water partition coefficient (Wildman–Crippen LogP) is 3.04. The largest absolute Gasteiger partial charge is 0.433 e. The van der Waals surface area contributed by atoms with E-state index in [9.17, 15) is 13.2 Å². The van der Waals surface area contributed by atoms with Crippen molar-refractivity contribution >= 4 is 23.5 Å². The van der Waals surface area contributed by atoms with Gasteiger partial charge in [0, 0.05) is 32.4 Å². The van der Waals surface area contributed by atoms with Gasteiger partial charge in [0.15, 0.2) is 0 Å². The highest BCUT2D eigenvalue weighted by Crippen LogP contribution is 2.29. The van der Waals surface area contributed by atoms with E-state index in [-0.39, 0.29) is 12.0 Å². The van der Waals surface area contributed by atoms with E-state index in [2.05, 4.69) is 19.9 Å². The van der Waals surface area contributed by atoms with Gasteiger partial charge < -0.3 is 9.80 Å². The Labute approximate surface area is 147 Å². The molecule has 1 fully saturated rings. The van der Waals surface area contributed by atoms with E-state index in [1.165, 1.54) is 12.4 Å². The first kappa shape index (κ1) is 17.7. The first-order valence-electron chi connectivity index (χ1n) is 7.70. The predicted molar refractivity (Wildman–Crippen MR) is 87.7 cm³/mol. The second kappa shape index (κ2) is 6.99. The second-order valence-corrected chi connectivity index (χ2v) is 6.21. The lowest BCUT2D eigenvalue weighted by Crippen LogP contribution is -2.44. The summed E-state index contributed by atoms with van der Waals surface area (Å²) in [6.45, 7) is 1.12. The highest BCUT2D eigenvalue weighted by Gasteiger charge is 2.34. The van der Waals surface area contributed by atoms with Gasteiger partial charge >= 0.3 is 6.18 Å². The van der Waals surface area contributed by atoms with Crippen LogP contribution < -0.4 is 9.80 Å². The standard InChI is InChI=1S/C15H16ClF3N6/c1-24(13-21-8-10(16)9-22-13)11-3-6-25(7-4-11)14-20-5-2-12(23-14)15(17,18)19/h2,5,8-9,11H,3-4,6-7H2,1H3. The fourth-order valence-corrected chi connectivity index (χ4v) is 2.86. The molecule has 6 nitrogen and oxygen atoms in total. The number of alkyl halides is 3. The number of aromatic nitrogens is 4. The van der Waals surface area contributed by atoms with Crippen LogP contribution in [0.4, 0.5) is 25.1 Å². The number of anilines is 2. The number of piperidine rings is 1. The highest BCUT2D eigenvalue weighted by atomic mass is 35.5. The van der Waals surface area contributed by atoms with Gasteiger partial charge in [-0.2, -0.15) is 13.2 Å². The highest BCUT2D eigenvalue weighted by molar-refractivity contribution is 6.30. The van der Waals surface area contributed by atoms with Crippen LogP contribution in [0.15, 0.2) is 24.7 Å². The van der Waals surface area contributed by atoms with Crippen LogP contribution >= 0.6 is 11.6 Å². The Bertz CT molecular complexity index is 716. The van der Waals surface area contributed by atoms with Crippen LogP contribution in [0.25, 0.3) is 0 Å². The summed E-state index contributed by atoms with van der Waals surface area (Å²) in [5.74, 6) is 0.678. The molecule has 134 valence electrons. The molecular formula is C15H16ClF3N6. The van der Waals surface area contributed by atoms with Gasteiger partial charge in [-0.3, -0.25) is 0 Å². The molecule has 0 aromatic carbocycles. The topological polar surface area (TPSA) is 58.0 Å². The third-order valence-electron chi connectivity index (χ3n) is 4.15. The fraction of sp³-hybridized carbons (Fsp3) is 0.467. The SMILES string of the molecule is CN(c1ncc(Cl)cn1)C1CCN(c2nccc(C(F)(F)F)n2)CC1. The molecule has 25 heavy (non-hydrogen) atoms. The Morgan fingerprint density at radius 2 is 1.80 bits per heavy atom. The van der Waals surface area contributed by atoms with Crippen LogP contribution in [0, 0.1) is 0 Å².